The van der Waals surface area contributed by atoms with Crippen molar-refractivity contribution in [2.75, 3.05) is 6.54 Å². The van der Waals surface area contributed by atoms with E-state index < -0.39 is 5.97 Å². The maximum absolute atomic E-state index is 11.5. The summed E-state index contributed by atoms with van der Waals surface area (Å²) in [4.78, 5) is 26.1. The van der Waals surface area contributed by atoms with Crippen molar-refractivity contribution >= 4 is 23.2 Å². The molecule has 18 heavy (non-hydrogen) atoms. The zero-order chi connectivity index (χ0) is 13.8. The van der Waals surface area contributed by atoms with Crippen LogP contribution in [0, 0.1) is 5.41 Å². The van der Waals surface area contributed by atoms with Crippen molar-refractivity contribution in [3.63, 3.8) is 0 Å². The molecule has 0 aliphatic carbocycles. The molecular formula is C12H18N2O3S. The highest BCUT2D eigenvalue weighted by Crippen LogP contribution is 2.17. The van der Waals surface area contributed by atoms with Crippen LogP contribution in [0.3, 0.4) is 0 Å². The molecule has 0 aromatic carbocycles. The third kappa shape index (κ3) is 5.27. The van der Waals surface area contributed by atoms with E-state index in [-0.39, 0.29) is 17.0 Å². The van der Waals surface area contributed by atoms with E-state index in [0.717, 1.165) is 5.01 Å². The van der Waals surface area contributed by atoms with Crippen LogP contribution >= 0.6 is 11.3 Å². The highest BCUT2D eigenvalue weighted by Gasteiger charge is 2.15. The number of aromatic carboxylic acids is 1. The van der Waals surface area contributed by atoms with Gasteiger partial charge in [-0.05, 0) is 5.41 Å². The number of carboxylic acids is 1. The van der Waals surface area contributed by atoms with Crippen LogP contribution in [0.25, 0.3) is 0 Å². The topological polar surface area (TPSA) is 79.3 Å². The summed E-state index contributed by atoms with van der Waals surface area (Å²) in [6.07, 6.45) is 1.04. The van der Waals surface area contributed by atoms with Crippen molar-refractivity contribution < 1.29 is 14.7 Å². The van der Waals surface area contributed by atoms with Gasteiger partial charge in [-0.3, -0.25) is 4.79 Å². The van der Waals surface area contributed by atoms with Gasteiger partial charge >= 0.3 is 5.97 Å². The molecule has 1 amide bonds. The highest BCUT2D eigenvalue weighted by atomic mass is 32.1. The van der Waals surface area contributed by atoms with Crippen LogP contribution in [-0.2, 0) is 11.2 Å². The Kier molecular flexibility index (Phi) is 4.84. The number of rotatable bonds is 5. The van der Waals surface area contributed by atoms with Gasteiger partial charge in [0.25, 0.3) is 0 Å². The first-order valence-electron chi connectivity index (χ1n) is 5.72. The van der Waals surface area contributed by atoms with Gasteiger partial charge in [0, 0.05) is 24.8 Å². The second-order valence-corrected chi connectivity index (χ2v) is 6.21. The summed E-state index contributed by atoms with van der Waals surface area (Å²) in [5.74, 6) is -1.01. The number of carbonyl (C=O) groups is 2. The lowest BCUT2D eigenvalue weighted by molar-refractivity contribution is -0.122. The lowest BCUT2D eigenvalue weighted by atomic mass is 9.92. The summed E-state index contributed by atoms with van der Waals surface area (Å²) < 4.78 is 0. The van der Waals surface area contributed by atoms with Gasteiger partial charge in [-0.25, -0.2) is 9.78 Å². The van der Waals surface area contributed by atoms with Gasteiger partial charge in [0.05, 0.1) is 5.01 Å². The van der Waals surface area contributed by atoms with Gasteiger partial charge in [0.1, 0.15) is 0 Å². The van der Waals surface area contributed by atoms with Crippen LogP contribution in [0.2, 0.25) is 0 Å². The Morgan fingerprint density at radius 1 is 1.44 bits per heavy atom. The van der Waals surface area contributed by atoms with E-state index in [1.54, 1.807) is 0 Å². The van der Waals surface area contributed by atoms with Gasteiger partial charge < -0.3 is 10.4 Å². The number of nitrogens with zero attached hydrogens (tertiary/aromatic N) is 1. The molecule has 0 fully saturated rings. The predicted octanol–water partition coefficient (Wildman–Crippen LogP) is 1.94. The third-order valence-electron chi connectivity index (χ3n) is 2.12. The van der Waals surface area contributed by atoms with Crippen LogP contribution in [0.1, 0.15) is 42.7 Å². The minimum atomic E-state index is -1.02. The molecule has 100 valence electrons. The number of carboxylic acid groups (broad SMARTS) is 1. The molecule has 0 saturated carbocycles. The van der Waals surface area contributed by atoms with Crippen molar-refractivity contribution in [3.05, 3.63) is 16.1 Å². The first-order chi connectivity index (χ1) is 8.28. The van der Waals surface area contributed by atoms with Crippen LogP contribution in [0.4, 0.5) is 0 Å². The monoisotopic (exact) mass is 270 g/mol. The zero-order valence-corrected chi connectivity index (χ0v) is 11.6. The van der Waals surface area contributed by atoms with Crippen LogP contribution in [-0.4, -0.2) is 28.5 Å². The Morgan fingerprint density at radius 3 is 2.61 bits per heavy atom. The predicted molar refractivity (Wildman–Crippen MR) is 69.9 cm³/mol. The number of aromatic nitrogens is 1. The quantitative estimate of drug-likeness (QED) is 0.857. The standard InChI is InChI=1S/C12H18N2O3S/c1-12(2,3)6-9(15)13-5-4-10-14-8(7-18-10)11(16)17/h7H,4-6H2,1-3H3,(H,13,15)(H,16,17). The minimum absolute atomic E-state index is 0.0116. The summed E-state index contributed by atoms with van der Waals surface area (Å²) in [6.45, 7) is 6.51. The van der Waals surface area contributed by atoms with Crippen molar-refractivity contribution in [3.8, 4) is 0 Å². The lowest BCUT2D eigenvalue weighted by Crippen LogP contribution is -2.29. The molecule has 1 aromatic heterocycles. The number of nitrogens with one attached hydrogen (secondary N) is 1. The Morgan fingerprint density at radius 2 is 2.11 bits per heavy atom. The van der Waals surface area contributed by atoms with Gasteiger partial charge in [-0.15, -0.1) is 11.3 Å². The third-order valence-corrected chi connectivity index (χ3v) is 3.03. The van der Waals surface area contributed by atoms with Gasteiger partial charge in [0.2, 0.25) is 5.91 Å². The zero-order valence-electron chi connectivity index (χ0n) is 10.8. The van der Waals surface area contributed by atoms with Crippen LogP contribution in [0.15, 0.2) is 5.38 Å². The first-order valence-corrected chi connectivity index (χ1v) is 6.60. The van der Waals surface area contributed by atoms with Gasteiger partial charge in [-0.1, -0.05) is 20.8 Å². The number of thiazole rings is 1. The fraction of sp³-hybridized carbons (Fsp3) is 0.583. The van der Waals surface area contributed by atoms with Crippen LogP contribution < -0.4 is 5.32 Å². The molecule has 1 heterocycles. The molecule has 0 aliphatic rings. The Bertz CT molecular complexity index is 435. The second-order valence-electron chi connectivity index (χ2n) is 5.27. The van der Waals surface area contributed by atoms with E-state index in [1.165, 1.54) is 16.7 Å². The highest BCUT2D eigenvalue weighted by molar-refractivity contribution is 7.09. The SMILES string of the molecule is CC(C)(C)CC(=O)NCCc1nc(C(=O)O)cs1. The van der Waals surface area contributed by atoms with E-state index in [1.807, 2.05) is 20.8 Å². The molecule has 0 saturated heterocycles. The second kappa shape index (κ2) is 5.95. The molecule has 0 bridgehead atoms. The van der Waals surface area contributed by atoms with Gasteiger partial charge in [-0.2, -0.15) is 0 Å². The molecule has 1 aromatic rings. The fourth-order valence-corrected chi connectivity index (χ4v) is 2.15. The Balaban J connectivity index is 2.33. The molecule has 0 atom stereocenters. The average Bonchev–Trinajstić information content (AvgIpc) is 2.63. The van der Waals surface area contributed by atoms with E-state index in [9.17, 15) is 9.59 Å². The van der Waals surface area contributed by atoms with Crippen molar-refractivity contribution in [1.82, 2.24) is 10.3 Å². The molecule has 1 rings (SSSR count). The molecule has 0 unspecified atom stereocenters. The fourth-order valence-electron chi connectivity index (χ4n) is 1.38. The molecule has 0 radical (unpaired) electrons. The van der Waals surface area contributed by atoms with E-state index in [0.29, 0.717) is 19.4 Å². The molecule has 6 heteroatoms. The smallest absolute Gasteiger partial charge is 0.355 e. The molecular weight excluding hydrogens is 252 g/mol. The molecule has 0 aliphatic heterocycles. The lowest BCUT2D eigenvalue weighted by Gasteiger charge is -2.16. The molecule has 2 N–H and O–H groups in total. The number of hydrogen-bond donors (Lipinski definition) is 2. The summed E-state index contributed by atoms with van der Waals surface area (Å²) in [7, 11) is 0. The minimum Gasteiger partial charge on any atom is -0.476 e. The summed E-state index contributed by atoms with van der Waals surface area (Å²) in [5, 5.41) is 13.8. The Hall–Kier alpha value is -1.43. The van der Waals surface area contributed by atoms with E-state index in [4.69, 9.17) is 5.11 Å². The van der Waals surface area contributed by atoms with Crippen LogP contribution in [0.5, 0.6) is 0 Å². The Labute approximate surface area is 110 Å². The number of amides is 1. The molecule has 0 spiro atoms. The summed E-state index contributed by atoms with van der Waals surface area (Å²) >= 11 is 1.30. The van der Waals surface area contributed by atoms with E-state index >= 15 is 0 Å². The first kappa shape index (κ1) is 14.6. The number of hydrogen-bond acceptors (Lipinski definition) is 4. The maximum Gasteiger partial charge on any atom is 0.355 e. The number of carbonyl (C=O) groups excluding carboxylic acids is 1. The molecule has 5 nitrogen and oxygen atoms in total. The largest absolute Gasteiger partial charge is 0.476 e. The maximum atomic E-state index is 11.5. The van der Waals surface area contributed by atoms with E-state index in [2.05, 4.69) is 10.3 Å². The van der Waals surface area contributed by atoms with Crippen molar-refractivity contribution in [2.24, 2.45) is 5.41 Å². The normalized spacial score (nSPS) is 11.3. The van der Waals surface area contributed by atoms with Crippen molar-refractivity contribution in [1.29, 1.82) is 0 Å². The van der Waals surface area contributed by atoms with Gasteiger partial charge in [0.15, 0.2) is 5.69 Å². The average molecular weight is 270 g/mol. The van der Waals surface area contributed by atoms with Crippen molar-refractivity contribution in [2.45, 2.75) is 33.6 Å². The summed E-state index contributed by atoms with van der Waals surface area (Å²) in [6, 6.07) is 0. The summed E-state index contributed by atoms with van der Waals surface area (Å²) in [5.41, 5.74) is 0.0397.